The van der Waals surface area contributed by atoms with Gasteiger partial charge in [0.25, 0.3) is 0 Å². The molecule has 4 aromatic carbocycles. The topological polar surface area (TPSA) is 49.3 Å². The number of carboxylic acids is 1. The molecule has 2 N–H and O–H groups in total. The van der Waals surface area contributed by atoms with Crippen molar-refractivity contribution in [1.29, 1.82) is 0 Å². The second-order valence-electron chi connectivity index (χ2n) is 6.88. The molecule has 0 fully saturated rings. The van der Waals surface area contributed by atoms with Gasteiger partial charge < -0.3 is 10.4 Å². The summed E-state index contributed by atoms with van der Waals surface area (Å²) in [5.41, 5.74) is 5.07. The first-order chi connectivity index (χ1) is 14.0. The highest BCUT2D eigenvalue weighted by Gasteiger charge is 2.12. The number of nitrogens with one attached hydrogen (secondary N) is 1. The molecule has 0 aromatic heterocycles. The Bertz CT molecular complexity index is 1180. The van der Waals surface area contributed by atoms with Crippen LogP contribution in [0.4, 0.5) is 10.1 Å². The first kappa shape index (κ1) is 18.7. The molecule has 0 saturated heterocycles. The molecule has 4 rings (SSSR count). The van der Waals surface area contributed by atoms with Crippen LogP contribution in [0.1, 0.15) is 17.3 Å². The highest BCUT2D eigenvalue weighted by molar-refractivity contribution is 6.05. The van der Waals surface area contributed by atoms with Gasteiger partial charge in [0.05, 0.1) is 5.56 Å². The Hall–Kier alpha value is -3.66. The Kier molecular flexibility index (Phi) is 5.00. The molecule has 0 aliphatic heterocycles. The molecule has 4 aromatic rings. The van der Waals surface area contributed by atoms with Crippen LogP contribution in [-0.2, 0) is 0 Å². The predicted octanol–water partition coefficient (Wildman–Crippen LogP) is 6.44. The normalized spacial score (nSPS) is 10.8. The van der Waals surface area contributed by atoms with Crippen LogP contribution in [0.2, 0.25) is 0 Å². The number of hydrogen-bond acceptors (Lipinski definition) is 2. The number of anilines is 1. The molecule has 0 heterocycles. The predicted molar refractivity (Wildman–Crippen MR) is 116 cm³/mol. The van der Waals surface area contributed by atoms with Gasteiger partial charge in [-0.25, -0.2) is 9.18 Å². The van der Waals surface area contributed by atoms with Crippen molar-refractivity contribution in [2.75, 3.05) is 11.9 Å². The summed E-state index contributed by atoms with van der Waals surface area (Å²) in [5, 5.41) is 13.9. The van der Waals surface area contributed by atoms with Crippen LogP contribution in [0.3, 0.4) is 0 Å². The van der Waals surface area contributed by atoms with Crippen molar-refractivity contribution in [2.24, 2.45) is 0 Å². The molecule has 0 aliphatic rings. The van der Waals surface area contributed by atoms with E-state index in [1.165, 1.54) is 12.1 Å². The molecule has 0 radical (unpaired) electrons. The molecule has 0 unspecified atom stereocenters. The maximum atomic E-state index is 13.6. The Morgan fingerprint density at radius 1 is 0.828 bits per heavy atom. The number of benzene rings is 4. The smallest absolute Gasteiger partial charge is 0.336 e. The Labute approximate surface area is 168 Å². The van der Waals surface area contributed by atoms with E-state index < -0.39 is 11.8 Å². The lowest BCUT2D eigenvalue weighted by atomic mass is 9.95. The van der Waals surface area contributed by atoms with Crippen LogP contribution < -0.4 is 5.32 Å². The fraction of sp³-hybridized carbons (Fsp3) is 0.0800. The van der Waals surface area contributed by atoms with Gasteiger partial charge in [-0.05, 0) is 76.3 Å². The van der Waals surface area contributed by atoms with Gasteiger partial charge >= 0.3 is 5.97 Å². The summed E-state index contributed by atoms with van der Waals surface area (Å²) in [6.07, 6.45) is 0. The van der Waals surface area contributed by atoms with Crippen molar-refractivity contribution in [3.63, 3.8) is 0 Å². The fourth-order valence-corrected chi connectivity index (χ4v) is 3.51. The van der Waals surface area contributed by atoms with Gasteiger partial charge in [-0.2, -0.15) is 0 Å². The lowest BCUT2D eigenvalue weighted by Gasteiger charge is -2.10. The molecule has 0 atom stereocenters. The van der Waals surface area contributed by atoms with Crippen molar-refractivity contribution in [3.8, 4) is 22.3 Å². The van der Waals surface area contributed by atoms with E-state index in [-0.39, 0.29) is 5.56 Å². The van der Waals surface area contributed by atoms with Crippen molar-refractivity contribution >= 4 is 22.4 Å². The summed E-state index contributed by atoms with van der Waals surface area (Å²) in [5.74, 6) is -1.52. The van der Waals surface area contributed by atoms with E-state index in [1.807, 2.05) is 42.5 Å². The van der Waals surface area contributed by atoms with Gasteiger partial charge in [0.1, 0.15) is 5.82 Å². The second kappa shape index (κ2) is 7.76. The number of rotatable bonds is 5. The molecule has 0 aliphatic carbocycles. The molecular formula is C25H20FNO2. The van der Waals surface area contributed by atoms with Gasteiger partial charge in [0.15, 0.2) is 0 Å². The summed E-state index contributed by atoms with van der Waals surface area (Å²) in [6.45, 7) is 2.94. The quantitative estimate of drug-likeness (QED) is 0.415. The molecule has 0 amide bonds. The minimum atomic E-state index is -1.07. The molecular weight excluding hydrogens is 365 g/mol. The van der Waals surface area contributed by atoms with E-state index >= 15 is 0 Å². The first-order valence-electron chi connectivity index (χ1n) is 9.46. The van der Waals surface area contributed by atoms with Gasteiger partial charge in [-0.3, -0.25) is 0 Å². The van der Waals surface area contributed by atoms with E-state index in [0.717, 1.165) is 34.5 Å². The van der Waals surface area contributed by atoms with Crippen LogP contribution in [0, 0.1) is 5.82 Å². The van der Waals surface area contributed by atoms with Gasteiger partial charge in [0, 0.05) is 12.2 Å². The summed E-state index contributed by atoms with van der Waals surface area (Å²) in [6, 6.07) is 23.9. The van der Waals surface area contributed by atoms with Crippen molar-refractivity contribution in [2.45, 2.75) is 6.92 Å². The number of carbonyl (C=O) groups is 1. The minimum absolute atomic E-state index is 0.0973. The Morgan fingerprint density at radius 3 is 2.00 bits per heavy atom. The maximum Gasteiger partial charge on any atom is 0.336 e. The third-order valence-electron chi connectivity index (χ3n) is 4.96. The van der Waals surface area contributed by atoms with Crippen LogP contribution in [-0.4, -0.2) is 17.6 Å². The highest BCUT2D eigenvalue weighted by atomic mass is 19.1. The van der Waals surface area contributed by atoms with Crippen molar-refractivity contribution in [3.05, 3.63) is 90.2 Å². The van der Waals surface area contributed by atoms with Crippen molar-refractivity contribution < 1.29 is 14.3 Å². The average molecular weight is 385 g/mol. The summed E-state index contributed by atoms with van der Waals surface area (Å²) in [7, 11) is 0. The van der Waals surface area contributed by atoms with E-state index in [9.17, 15) is 14.3 Å². The number of aromatic carboxylic acids is 1. The van der Waals surface area contributed by atoms with Crippen LogP contribution in [0.5, 0.6) is 0 Å². The number of hydrogen-bond donors (Lipinski definition) is 2. The molecule has 0 bridgehead atoms. The van der Waals surface area contributed by atoms with Crippen molar-refractivity contribution in [1.82, 2.24) is 0 Å². The van der Waals surface area contributed by atoms with Gasteiger partial charge in [-0.1, -0.05) is 42.5 Å². The monoisotopic (exact) mass is 385 g/mol. The molecule has 144 valence electrons. The fourth-order valence-electron chi connectivity index (χ4n) is 3.51. The lowest BCUT2D eigenvalue weighted by molar-refractivity contribution is 0.0699. The largest absolute Gasteiger partial charge is 0.478 e. The van der Waals surface area contributed by atoms with Gasteiger partial charge in [-0.15, -0.1) is 0 Å². The third-order valence-corrected chi connectivity index (χ3v) is 4.96. The van der Waals surface area contributed by atoms with E-state index in [2.05, 4.69) is 24.4 Å². The molecule has 4 heteroatoms. The van der Waals surface area contributed by atoms with Gasteiger partial charge in [0.2, 0.25) is 0 Å². The number of fused-ring (bicyclic) bond motifs is 1. The zero-order valence-electron chi connectivity index (χ0n) is 15.9. The number of halogens is 1. The SMILES string of the molecule is CCNc1ccc(-c2ccc(-c3cc(C(=O)O)c4cc(F)ccc4c3)cc2)cc1. The Balaban J connectivity index is 1.71. The lowest BCUT2D eigenvalue weighted by Crippen LogP contribution is -1.99. The molecule has 0 saturated carbocycles. The van der Waals surface area contributed by atoms with Crippen LogP contribution >= 0.6 is 0 Å². The Morgan fingerprint density at radius 2 is 1.41 bits per heavy atom. The van der Waals surface area contributed by atoms with E-state index in [1.54, 1.807) is 12.1 Å². The summed E-state index contributed by atoms with van der Waals surface area (Å²) >= 11 is 0. The summed E-state index contributed by atoms with van der Waals surface area (Å²) in [4.78, 5) is 11.7. The van der Waals surface area contributed by atoms with E-state index in [0.29, 0.717) is 10.8 Å². The molecule has 3 nitrogen and oxygen atoms in total. The van der Waals surface area contributed by atoms with Crippen LogP contribution in [0.15, 0.2) is 78.9 Å². The standard InChI is InChI=1S/C25H20FNO2/c1-2-27-22-11-8-17(9-12-22)16-3-5-18(6-4-16)20-13-19-7-10-21(26)15-23(19)24(14-20)25(28)29/h3-15,27H,2H2,1H3,(H,28,29). The number of carboxylic acid groups (broad SMARTS) is 1. The summed E-state index contributed by atoms with van der Waals surface area (Å²) < 4.78 is 13.6. The minimum Gasteiger partial charge on any atom is -0.478 e. The molecule has 29 heavy (non-hydrogen) atoms. The molecule has 0 spiro atoms. The highest BCUT2D eigenvalue weighted by Crippen LogP contribution is 2.30. The van der Waals surface area contributed by atoms with E-state index in [4.69, 9.17) is 0 Å². The van der Waals surface area contributed by atoms with Crippen LogP contribution in [0.25, 0.3) is 33.0 Å². The average Bonchev–Trinajstić information content (AvgIpc) is 2.74. The second-order valence-corrected chi connectivity index (χ2v) is 6.88. The maximum absolute atomic E-state index is 13.6. The zero-order chi connectivity index (χ0) is 20.4. The third kappa shape index (κ3) is 3.83. The first-order valence-corrected chi connectivity index (χ1v) is 9.46. The zero-order valence-corrected chi connectivity index (χ0v) is 15.9.